The molecule has 0 amide bonds. The Morgan fingerprint density at radius 1 is 1.60 bits per heavy atom. The molecule has 0 saturated carbocycles. The largest absolute Gasteiger partial charge is 0.480 e. The minimum absolute atomic E-state index is 0.581. The quantitative estimate of drug-likeness (QED) is 0.903. The number of hydrogen-bond acceptors (Lipinski definition) is 4. The number of carboxylic acid groups (broad SMARTS) is 1. The van der Waals surface area contributed by atoms with Gasteiger partial charge < -0.3 is 10.0 Å². The summed E-state index contributed by atoms with van der Waals surface area (Å²) in [5.41, 5.74) is 0.782. The third-order valence-electron chi connectivity index (χ3n) is 2.22. The lowest BCUT2D eigenvalue weighted by Crippen LogP contribution is -2.36. The third-order valence-corrected chi connectivity index (χ3v) is 3.15. The maximum atomic E-state index is 10.8. The van der Waals surface area contributed by atoms with E-state index >= 15 is 0 Å². The fraction of sp³-hybridized carbons (Fsp3) is 0.444. The van der Waals surface area contributed by atoms with Gasteiger partial charge in [0.2, 0.25) is 0 Å². The van der Waals surface area contributed by atoms with Crippen LogP contribution in [0.3, 0.4) is 0 Å². The van der Waals surface area contributed by atoms with Crippen molar-refractivity contribution >= 4 is 27.7 Å². The van der Waals surface area contributed by atoms with Gasteiger partial charge in [0.25, 0.3) is 0 Å². The lowest BCUT2D eigenvalue weighted by Gasteiger charge is -2.23. The van der Waals surface area contributed by atoms with E-state index in [4.69, 9.17) is 5.11 Å². The summed E-state index contributed by atoms with van der Waals surface area (Å²) in [4.78, 5) is 20.4. The van der Waals surface area contributed by atoms with Gasteiger partial charge in [-0.3, -0.25) is 0 Å². The number of nitrogens with zero attached hydrogens (tertiary/aromatic N) is 3. The van der Waals surface area contributed by atoms with E-state index in [0.29, 0.717) is 5.82 Å². The fourth-order valence-corrected chi connectivity index (χ4v) is 1.52. The van der Waals surface area contributed by atoms with Crippen molar-refractivity contribution in [1.29, 1.82) is 0 Å². The van der Waals surface area contributed by atoms with E-state index in [1.807, 2.05) is 6.92 Å². The van der Waals surface area contributed by atoms with Crippen LogP contribution in [0.1, 0.15) is 12.6 Å². The number of carbonyl (C=O) groups is 1. The van der Waals surface area contributed by atoms with E-state index in [1.165, 1.54) is 6.33 Å². The van der Waals surface area contributed by atoms with E-state index in [-0.39, 0.29) is 0 Å². The van der Waals surface area contributed by atoms with Gasteiger partial charge in [0.15, 0.2) is 0 Å². The standard InChI is InChI=1S/C9H12BrN3O2/c1-5-7(10)8(12-4-11-5)13(3)6(2)9(14)15/h4,6H,1-3H3,(H,14,15). The predicted molar refractivity (Wildman–Crippen MR) is 60.0 cm³/mol. The van der Waals surface area contributed by atoms with Crippen LogP contribution in [0, 0.1) is 6.92 Å². The number of carboxylic acids is 1. The molecule has 1 aromatic heterocycles. The highest BCUT2D eigenvalue weighted by atomic mass is 79.9. The molecule has 1 aromatic rings. The molecule has 0 saturated heterocycles. The highest BCUT2D eigenvalue weighted by molar-refractivity contribution is 9.10. The molecule has 82 valence electrons. The minimum Gasteiger partial charge on any atom is -0.480 e. The molecular weight excluding hydrogens is 262 g/mol. The molecule has 1 N–H and O–H groups in total. The SMILES string of the molecule is Cc1ncnc(N(C)C(C)C(=O)O)c1Br. The van der Waals surface area contributed by atoms with Crippen LogP contribution in [0.25, 0.3) is 0 Å². The number of likely N-dealkylation sites (N-methyl/N-ethyl adjacent to an activating group) is 1. The molecule has 0 aliphatic carbocycles. The van der Waals surface area contributed by atoms with Gasteiger partial charge in [0.05, 0.1) is 10.2 Å². The molecule has 0 aromatic carbocycles. The Morgan fingerprint density at radius 3 is 2.73 bits per heavy atom. The number of aryl methyl sites for hydroxylation is 1. The third kappa shape index (κ3) is 2.44. The van der Waals surface area contributed by atoms with Crippen LogP contribution in [-0.4, -0.2) is 34.1 Å². The van der Waals surface area contributed by atoms with Crippen LogP contribution in [0.2, 0.25) is 0 Å². The molecule has 1 atom stereocenters. The zero-order chi connectivity index (χ0) is 11.6. The molecule has 1 unspecified atom stereocenters. The van der Waals surface area contributed by atoms with Gasteiger partial charge in [-0.1, -0.05) is 0 Å². The van der Waals surface area contributed by atoms with Crippen molar-refractivity contribution in [3.63, 3.8) is 0 Å². The van der Waals surface area contributed by atoms with E-state index in [9.17, 15) is 4.79 Å². The Hall–Kier alpha value is -1.17. The van der Waals surface area contributed by atoms with Crippen LogP contribution in [-0.2, 0) is 4.79 Å². The molecule has 0 fully saturated rings. The lowest BCUT2D eigenvalue weighted by molar-refractivity contribution is -0.138. The van der Waals surface area contributed by atoms with E-state index in [1.54, 1.807) is 18.9 Å². The molecule has 0 aliphatic heterocycles. The normalized spacial score (nSPS) is 12.3. The topological polar surface area (TPSA) is 66.3 Å². The molecule has 1 rings (SSSR count). The van der Waals surface area contributed by atoms with Gasteiger partial charge in [-0.25, -0.2) is 14.8 Å². The Kier molecular flexibility index (Phi) is 3.62. The summed E-state index contributed by atoms with van der Waals surface area (Å²) in [6.45, 7) is 3.43. The zero-order valence-corrected chi connectivity index (χ0v) is 10.3. The van der Waals surface area contributed by atoms with Gasteiger partial charge in [-0.05, 0) is 29.8 Å². The Bertz CT molecular complexity index is 384. The Labute approximate surface area is 96.3 Å². The molecule has 0 radical (unpaired) electrons. The maximum Gasteiger partial charge on any atom is 0.326 e. The van der Waals surface area contributed by atoms with Crippen molar-refractivity contribution < 1.29 is 9.90 Å². The molecule has 15 heavy (non-hydrogen) atoms. The molecule has 6 heteroatoms. The highest BCUT2D eigenvalue weighted by Crippen LogP contribution is 2.25. The van der Waals surface area contributed by atoms with Gasteiger partial charge >= 0.3 is 5.97 Å². The second kappa shape index (κ2) is 4.57. The van der Waals surface area contributed by atoms with E-state index in [2.05, 4.69) is 25.9 Å². The van der Waals surface area contributed by atoms with Crippen molar-refractivity contribution in [3.8, 4) is 0 Å². The monoisotopic (exact) mass is 273 g/mol. The number of rotatable bonds is 3. The number of aromatic nitrogens is 2. The molecule has 0 spiro atoms. The van der Waals surface area contributed by atoms with Gasteiger partial charge in [0.1, 0.15) is 18.2 Å². The summed E-state index contributed by atoms with van der Waals surface area (Å²) in [7, 11) is 1.69. The van der Waals surface area contributed by atoms with Gasteiger partial charge in [0, 0.05) is 7.05 Å². The van der Waals surface area contributed by atoms with Gasteiger partial charge in [-0.2, -0.15) is 0 Å². The Morgan fingerprint density at radius 2 is 2.20 bits per heavy atom. The van der Waals surface area contributed by atoms with E-state index < -0.39 is 12.0 Å². The van der Waals surface area contributed by atoms with Crippen molar-refractivity contribution in [3.05, 3.63) is 16.5 Å². The Balaban J connectivity index is 3.06. The highest BCUT2D eigenvalue weighted by Gasteiger charge is 2.20. The molecule has 0 aliphatic rings. The van der Waals surface area contributed by atoms with Crippen LogP contribution in [0.5, 0.6) is 0 Å². The first-order chi connectivity index (χ1) is 6.95. The second-order valence-corrected chi connectivity index (χ2v) is 4.01. The second-order valence-electron chi connectivity index (χ2n) is 3.22. The molecular formula is C9H12BrN3O2. The summed E-state index contributed by atoms with van der Waals surface area (Å²) < 4.78 is 0.723. The fourth-order valence-electron chi connectivity index (χ4n) is 1.04. The molecule has 5 nitrogen and oxygen atoms in total. The number of hydrogen-bond donors (Lipinski definition) is 1. The summed E-state index contributed by atoms with van der Waals surface area (Å²) in [5, 5.41) is 8.87. The molecule has 1 heterocycles. The summed E-state index contributed by atoms with van der Waals surface area (Å²) in [5.74, 6) is -0.307. The first-order valence-corrected chi connectivity index (χ1v) is 5.17. The number of aliphatic carboxylic acids is 1. The van der Waals surface area contributed by atoms with Crippen molar-refractivity contribution in [2.24, 2.45) is 0 Å². The van der Waals surface area contributed by atoms with Gasteiger partial charge in [-0.15, -0.1) is 0 Å². The first kappa shape index (κ1) is 11.9. The van der Waals surface area contributed by atoms with Crippen molar-refractivity contribution in [1.82, 2.24) is 9.97 Å². The number of halogens is 1. The number of anilines is 1. The van der Waals surface area contributed by atoms with Crippen LogP contribution in [0.15, 0.2) is 10.8 Å². The van der Waals surface area contributed by atoms with Crippen molar-refractivity contribution in [2.45, 2.75) is 19.9 Å². The lowest BCUT2D eigenvalue weighted by atomic mass is 10.3. The predicted octanol–water partition coefficient (Wildman–Crippen LogP) is 1.46. The minimum atomic E-state index is -0.888. The summed E-state index contributed by atoms with van der Waals surface area (Å²) in [6.07, 6.45) is 1.42. The summed E-state index contributed by atoms with van der Waals surface area (Å²) >= 11 is 3.34. The van der Waals surface area contributed by atoms with Crippen LogP contribution in [0.4, 0.5) is 5.82 Å². The van der Waals surface area contributed by atoms with Crippen LogP contribution >= 0.6 is 15.9 Å². The summed E-state index contributed by atoms with van der Waals surface area (Å²) in [6, 6.07) is -0.629. The zero-order valence-electron chi connectivity index (χ0n) is 8.73. The smallest absolute Gasteiger partial charge is 0.326 e. The van der Waals surface area contributed by atoms with Crippen molar-refractivity contribution in [2.75, 3.05) is 11.9 Å². The van der Waals surface area contributed by atoms with Crippen LogP contribution < -0.4 is 4.90 Å². The molecule has 0 bridgehead atoms. The average Bonchev–Trinajstić information content (AvgIpc) is 2.20. The van der Waals surface area contributed by atoms with E-state index in [0.717, 1.165) is 10.2 Å². The average molecular weight is 274 g/mol. The maximum absolute atomic E-state index is 10.8. The first-order valence-electron chi connectivity index (χ1n) is 4.38.